The standard InChI is InChI=1S/C19H25N5O/c1-15(2)18(16-6-3-8-20-14-16)19(25)24-11-5-10-23(12-13-24)17-7-4-9-21-22-17/h3-4,6-9,14-15,18H,5,10-13H2,1-2H3. The van der Waals surface area contributed by atoms with Gasteiger partial charge in [-0.05, 0) is 36.1 Å². The van der Waals surface area contributed by atoms with Gasteiger partial charge in [0.05, 0.1) is 5.92 Å². The molecule has 6 nitrogen and oxygen atoms in total. The van der Waals surface area contributed by atoms with Crippen molar-refractivity contribution in [3.05, 3.63) is 48.4 Å². The van der Waals surface area contributed by atoms with E-state index >= 15 is 0 Å². The first-order valence-electron chi connectivity index (χ1n) is 8.88. The topological polar surface area (TPSA) is 62.2 Å². The molecule has 132 valence electrons. The Labute approximate surface area is 148 Å². The van der Waals surface area contributed by atoms with E-state index in [0.29, 0.717) is 6.54 Å². The molecule has 0 saturated carbocycles. The number of pyridine rings is 1. The molecule has 2 aromatic rings. The first kappa shape index (κ1) is 17.3. The zero-order chi connectivity index (χ0) is 17.6. The lowest BCUT2D eigenvalue weighted by Crippen LogP contribution is -2.39. The molecule has 1 saturated heterocycles. The molecule has 1 aliphatic heterocycles. The van der Waals surface area contributed by atoms with E-state index in [1.54, 1.807) is 12.4 Å². The summed E-state index contributed by atoms with van der Waals surface area (Å²) < 4.78 is 0. The lowest BCUT2D eigenvalue weighted by atomic mass is 9.88. The van der Waals surface area contributed by atoms with Crippen molar-refractivity contribution >= 4 is 11.7 Å². The van der Waals surface area contributed by atoms with Crippen LogP contribution >= 0.6 is 0 Å². The van der Waals surface area contributed by atoms with E-state index < -0.39 is 0 Å². The lowest BCUT2D eigenvalue weighted by molar-refractivity contribution is -0.133. The van der Waals surface area contributed by atoms with Crippen molar-refractivity contribution < 1.29 is 4.79 Å². The smallest absolute Gasteiger partial charge is 0.230 e. The number of carbonyl (C=O) groups excluding carboxylic acids is 1. The van der Waals surface area contributed by atoms with Crippen molar-refractivity contribution in [2.24, 2.45) is 5.92 Å². The molecule has 0 spiro atoms. The van der Waals surface area contributed by atoms with Crippen molar-refractivity contribution in [2.75, 3.05) is 31.1 Å². The van der Waals surface area contributed by atoms with Crippen molar-refractivity contribution in [3.8, 4) is 0 Å². The van der Waals surface area contributed by atoms with Crippen molar-refractivity contribution in [1.82, 2.24) is 20.1 Å². The summed E-state index contributed by atoms with van der Waals surface area (Å²) in [5, 5.41) is 8.15. The number of hydrogen-bond acceptors (Lipinski definition) is 5. The molecule has 0 N–H and O–H groups in total. The van der Waals surface area contributed by atoms with E-state index in [4.69, 9.17) is 0 Å². The molecule has 2 aromatic heterocycles. The van der Waals surface area contributed by atoms with Crippen LogP contribution in [-0.4, -0.2) is 52.2 Å². The van der Waals surface area contributed by atoms with Crippen LogP contribution in [0.15, 0.2) is 42.9 Å². The van der Waals surface area contributed by atoms with Crippen molar-refractivity contribution in [1.29, 1.82) is 0 Å². The van der Waals surface area contributed by atoms with Crippen LogP contribution in [0.25, 0.3) is 0 Å². The molecule has 1 atom stereocenters. The summed E-state index contributed by atoms with van der Waals surface area (Å²) in [7, 11) is 0. The van der Waals surface area contributed by atoms with Crippen LogP contribution in [0.3, 0.4) is 0 Å². The third-order valence-electron chi connectivity index (χ3n) is 4.67. The van der Waals surface area contributed by atoms with E-state index in [2.05, 4.69) is 33.9 Å². The predicted molar refractivity (Wildman–Crippen MR) is 97.3 cm³/mol. The normalized spacial score (nSPS) is 16.6. The molecule has 1 fully saturated rings. The minimum absolute atomic E-state index is 0.142. The molecule has 1 unspecified atom stereocenters. The Kier molecular flexibility index (Phi) is 5.58. The second kappa shape index (κ2) is 8.05. The maximum atomic E-state index is 13.2. The average Bonchev–Trinajstić information content (AvgIpc) is 2.89. The van der Waals surface area contributed by atoms with Gasteiger partial charge < -0.3 is 9.80 Å². The molecule has 1 amide bonds. The number of amides is 1. The SMILES string of the molecule is CC(C)C(C(=O)N1CCCN(c2cccnn2)CC1)c1cccnc1. The molecule has 0 aliphatic carbocycles. The Bertz CT molecular complexity index is 677. The fraction of sp³-hybridized carbons (Fsp3) is 0.474. The van der Waals surface area contributed by atoms with Gasteiger partial charge >= 0.3 is 0 Å². The molecule has 0 bridgehead atoms. The molecule has 1 aliphatic rings. The van der Waals surface area contributed by atoms with Crippen LogP contribution < -0.4 is 4.90 Å². The summed E-state index contributed by atoms with van der Waals surface area (Å²) in [6.45, 7) is 7.35. The molecule has 6 heteroatoms. The fourth-order valence-electron chi connectivity index (χ4n) is 3.40. The van der Waals surface area contributed by atoms with Gasteiger partial charge in [0.25, 0.3) is 0 Å². The Morgan fingerprint density at radius 1 is 1.08 bits per heavy atom. The Morgan fingerprint density at radius 2 is 1.92 bits per heavy atom. The van der Waals surface area contributed by atoms with Gasteiger partial charge in [0.1, 0.15) is 0 Å². The fourth-order valence-corrected chi connectivity index (χ4v) is 3.40. The average molecular weight is 339 g/mol. The van der Waals surface area contributed by atoms with Crippen molar-refractivity contribution in [3.63, 3.8) is 0 Å². The highest BCUT2D eigenvalue weighted by Gasteiger charge is 2.30. The number of rotatable bonds is 4. The van der Waals surface area contributed by atoms with E-state index in [1.165, 1.54) is 0 Å². The maximum absolute atomic E-state index is 13.2. The maximum Gasteiger partial charge on any atom is 0.230 e. The van der Waals surface area contributed by atoms with E-state index in [9.17, 15) is 4.79 Å². The summed E-state index contributed by atoms with van der Waals surface area (Å²) >= 11 is 0. The third-order valence-corrected chi connectivity index (χ3v) is 4.67. The number of hydrogen-bond donors (Lipinski definition) is 0. The second-order valence-corrected chi connectivity index (χ2v) is 6.76. The van der Waals surface area contributed by atoms with E-state index in [-0.39, 0.29) is 17.7 Å². The van der Waals surface area contributed by atoms with E-state index in [1.807, 2.05) is 35.4 Å². The Morgan fingerprint density at radius 3 is 2.60 bits per heavy atom. The van der Waals surface area contributed by atoms with Crippen LogP contribution in [0.4, 0.5) is 5.82 Å². The van der Waals surface area contributed by atoms with Gasteiger partial charge in [0.2, 0.25) is 5.91 Å². The molecule has 25 heavy (non-hydrogen) atoms. The molecule has 0 aromatic carbocycles. The molecular weight excluding hydrogens is 314 g/mol. The summed E-state index contributed by atoms with van der Waals surface area (Å²) in [5.41, 5.74) is 0.998. The number of nitrogens with zero attached hydrogens (tertiary/aromatic N) is 5. The quantitative estimate of drug-likeness (QED) is 0.856. The van der Waals surface area contributed by atoms with Gasteiger partial charge in [-0.1, -0.05) is 19.9 Å². The number of carbonyl (C=O) groups is 1. The monoisotopic (exact) mass is 339 g/mol. The zero-order valence-electron chi connectivity index (χ0n) is 14.9. The van der Waals surface area contributed by atoms with Gasteiger partial charge in [-0.3, -0.25) is 9.78 Å². The highest BCUT2D eigenvalue weighted by atomic mass is 16.2. The van der Waals surface area contributed by atoms with Crippen LogP contribution in [0.2, 0.25) is 0 Å². The summed E-state index contributed by atoms with van der Waals surface area (Å²) in [6, 6.07) is 7.76. The Balaban J connectivity index is 1.71. The van der Waals surface area contributed by atoms with Crippen LogP contribution in [0, 0.1) is 5.92 Å². The number of aromatic nitrogens is 3. The van der Waals surface area contributed by atoms with Gasteiger partial charge in [-0.25, -0.2) is 0 Å². The molecule has 0 radical (unpaired) electrons. The highest BCUT2D eigenvalue weighted by Crippen LogP contribution is 2.27. The van der Waals surface area contributed by atoms with Gasteiger partial charge in [-0.15, -0.1) is 5.10 Å². The zero-order valence-corrected chi connectivity index (χ0v) is 14.9. The molecule has 3 heterocycles. The second-order valence-electron chi connectivity index (χ2n) is 6.76. The Hall–Kier alpha value is -2.50. The highest BCUT2D eigenvalue weighted by molar-refractivity contribution is 5.84. The first-order chi connectivity index (χ1) is 12.2. The van der Waals surface area contributed by atoms with Crippen LogP contribution in [0.1, 0.15) is 31.7 Å². The third kappa shape index (κ3) is 4.13. The minimum atomic E-state index is -0.142. The van der Waals surface area contributed by atoms with Gasteiger partial charge in [0.15, 0.2) is 5.82 Å². The minimum Gasteiger partial charge on any atom is -0.353 e. The predicted octanol–water partition coefficient (Wildman–Crippen LogP) is 2.35. The lowest BCUT2D eigenvalue weighted by Gasteiger charge is -2.28. The molecular formula is C19H25N5O. The van der Waals surface area contributed by atoms with E-state index in [0.717, 1.165) is 37.4 Å². The first-order valence-corrected chi connectivity index (χ1v) is 8.88. The van der Waals surface area contributed by atoms with Crippen LogP contribution in [-0.2, 0) is 4.79 Å². The summed E-state index contributed by atoms with van der Waals surface area (Å²) in [5.74, 6) is 1.17. The van der Waals surface area contributed by atoms with Gasteiger partial charge in [0, 0.05) is 44.8 Å². The van der Waals surface area contributed by atoms with Crippen LogP contribution in [0.5, 0.6) is 0 Å². The largest absolute Gasteiger partial charge is 0.353 e. The number of anilines is 1. The summed E-state index contributed by atoms with van der Waals surface area (Å²) in [4.78, 5) is 21.6. The molecule has 3 rings (SSSR count). The summed E-state index contributed by atoms with van der Waals surface area (Å²) in [6.07, 6.45) is 6.17. The van der Waals surface area contributed by atoms with Gasteiger partial charge in [-0.2, -0.15) is 5.10 Å². The van der Waals surface area contributed by atoms with Crippen molar-refractivity contribution in [2.45, 2.75) is 26.2 Å².